The first kappa shape index (κ1) is 10.8. The van der Waals surface area contributed by atoms with E-state index in [-0.39, 0.29) is 11.7 Å². The van der Waals surface area contributed by atoms with Crippen molar-refractivity contribution in [3.05, 3.63) is 30.1 Å². The van der Waals surface area contributed by atoms with Gasteiger partial charge in [0.05, 0.1) is 0 Å². The van der Waals surface area contributed by atoms with Crippen LogP contribution in [0.25, 0.3) is 0 Å². The Morgan fingerprint density at radius 1 is 1.38 bits per heavy atom. The fourth-order valence-corrected chi connectivity index (χ4v) is 1.76. The van der Waals surface area contributed by atoms with E-state index in [0.29, 0.717) is 12.0 Å². The highest BCUT2D eigenvalue weighted by atomic mass is 19.1. The first-order valence-corrected chi connectivity index (χ1v) is 4.75. The van der Waals surface area contributed by atoms with Crippen molar-refractivity contribution >= 4 is 17.9 Å². The minimum atomic E-state index is -0.720. The summed E-state index contributed by atoms with van der Waals surface area (Å²) >= 11 is 0. The van der Waals surface area contributed by atoms with Gasteiger partial charge < -0.3 is 9.53 Å². The lowest BCUT2D eigenvalue weighted by atomic mass is 9.98. The number of halogens is 1. The molecule has 16 heavy (non-hydrogen) atoms. The maximum atomic E-state index is 12.7. The molecule has 2 atom stereocenters. The standard InChI is InChI=1S/C11H10FNO3/c1-16-10-9(6-14)13(11(10)15)8-4-2-7(12)3-5-8/h2-6,9-10H,1H3/t9-,10+/m0/s1. The number of rotatable bonds is 3. The van der Waals surface area contributed by atoms with Gasteiger partial charge in [-0.15, -0.1) is 0 Å². The Hall–Kier alpha value is -1.75. The van der Waals surface area contributed by atoms with Crippen molar-refractivity contribution in [2.45, 2.75) is 12.1 Å². The maximum absolute atomic E-state index is 12.7. The number of β-lactam (4-membered cyclic amide) rings is 1. The first-order valence-electron chi connectivity index (χ1n) is 4.75. The molecule has 0 saturated carbocycles. The maximum Gasteiger partial charge on any atom is 0.259 e. The van der Waals surface area contributed by atoms with Gasteiger partial charge in [0.25, 0.3) is 5.91 Å². The first-order chi connectivity index (χ1) is 7.69. The van der Waals surface area contributed by atoms with Crippen molar-refractivity contribution in [2.75, 3.05) is 12.0 Å². The van der Waals surface area contributed by atoms with Crippen molar-refractivity contribution in [3.8, 4) is 0 Å². The third-order valence-electron chi connectivity index (χ3n) is 2.59. The fourth-order valence-electron chi connectivity index (χ4n) is 1.76. The second kappa shape index (κ2) is 4.02. The molecular weight excluding hydrogens is 213 g/mol. The summed E-state index contributed by atoms with van der Waals surface area (Å²) in [6, 6.07) is 4.77. The zero-order valence-corrected chi connectivity index (χ0v) is 8.59. The average molecular weight is 223 g/mol. The van der Waals surface area contributed by atoms with Crippen molar-refractivity contribution in [1.29, 1.82) is 0 Å². The lowest BCUT2D eigenvalue weighted by molar-refractivity contribution is -0.142. The van der Waals surface area contributed by atoms with Crippen molar-refractivity contribution < 1.29 is 18.7 Å². The average Bonchev–Trinajstić information content (AvgIpc) is 2.29. The number of ether oxygens (including phenoxy) is 1. The predicted octanol–water partition coefficient (Wildman–Crippen LogP) is 0.755. The van der Waals surface area contributed by atoms with E-state index >= 15 is 0 Å². The van der Waals surface area contributed by atoms with Gasteiger partial charge in [0, 0.05) is 12.8 Å². The summed E-state index contributed by atoms with van der Waals surface area (Å²) in [5, 5.41) is 0. The molecule has 0 aromatic heterocycles. The molecule has 0 unspecified atom stereocenters. The van der Waals surface area contributed by atoms with E-state index in [4.69, 9.17) is 4.74 Å². The Balaban J connectivity index is 2.25. The molecule has 0 N–H and O–H groups in total. The summed E-state index contributed by atoms with van der Waals surface area (Å²) in [5.41, 5.74) is 0.497. The quantitative estimate of drug-likeness (QED) is 0.561. The van der Waals surface area contributed by atoms with Crippen LogP contribution in [0.4, 0.5) is 10.1 Å². The molecule has 1 aliphatic heterocycles. The third kappa shape index (κ3) is 1.49. The Morgan fingerprint density at radius 3 is 2.50 bits per heavy atom. The molecule has 1 aromatic rings. The van der Waals surface area contributed by atoms with Crippen LogP contribution in [-0.2, 0) is 14.3 Å². The second-order valence-corrected chi connectivity index (χ2v) is 3.47. The molecule has 1 saturated heterocycles. The van der Waals surface area contributed by atoms with Gasteiger partial charge in [0.2, 0.25) is 0 Å². The predicted molar refractivity (Wildman–Crippen MR) is 54.5 cm³/mol. The molecule has 4 nitrogen and oxygen atoms in total. The van der Waals surface area contributed by atoms with E-state index in [1.165, 1.54) is 36.3 Å². The van der Waals surface area contributed by atoms with Crippen LogP contribution in [0.15, 0.2) is 24.3 Å². The lowest BCUT2D eigenvalue weighted by Crippen LogP contribution is -2.66. The van der Waals surface area contributed by atoms with Gasteiger partial charge >= 0.3 is 0 Å². The molecule has 0 radical (unpaired) electrons. The normalized spacial score (nSPS) is 24.1. The number of aldehydes is 1. The van der Waals surface area contributed by atoms with Gasteiger partial charge in [-0.1, -0.05) is 0 Å². The number of amides is 1. The van der Waals surface area contributed by atoms with Gasteiger partial charge in [0.15, 0.2) is 6.10 Å². The van der Waals surface area contributed by atoms with Gasteiger partial charge in [-0.2, -0.15) is 0 Å². The number of carbonyl (C=O) groups is 2. The number of methoxy groups -OCH3 is 1. The lowest BCUT2D eigenvalue weighted by Gasteiger charge is -2.42. The molecule has 1 heterocycles. The van der Waals surface area contributed by atoms with Gasteiger partial charge in [-0.05, 0) is 24.3 Å². The van der Waals surface area contributed by atoms with Crippen LogP contribution in [0.5, 0.6) is 0 Å². The largest absolute Gasteiger partial charge is 0.369 e. The Labute approximate surface area is 91.6 Å². The highest BCUT2D eigenvalue weighted by molar-refractivity contribution is 6.09. The number of anilines is 1. The van der Waals surface area contributed by atoms with Crippen LogP contribution in [0, 0.1) is 5.82 Å². The Morgan fingerprint density at radius 2 is 2.00 bits per heavy atom. The molecule has 84 valence electrons. The van der Waals surface area contributed by atoms with Gasteiger partial charge in [-0.3, -0.25) is 9.69 Å². The fraction of sp³-hybridized carbons (Fsp3) is 0.273. The molecule has 0 aliphatic carbocycles. The molecule has 5 heteroatoms. The summed E-state index contributed by atoms with van der Waals surface area (Å²) in [6.07, 6.45) is -0.0681. The summed E-state index contributed by atoms with van der Waals surface area (Å²) in [5.74, 6) is -0.672. The minimum Gasteiger partial charge on any atom is -0.369 e. The van der Waals surface area contributed by atoms with E-state index in [1.807, 2.05) is 0 Å². The Kier molecular flexibility index (Phi) is 2.70. The third-order valence-corrected chi connectivity index (χ3v) is 2.59. The SMILES string of the molecule is CO[C@H]1C(=O)N(c2ccc(F)cc2)[C@H]1C=O. The van der Waals surface area contributed by atoms with Crippen LogP contribution in [0.3, 0.4) is 0 Å². The van der Waals surface area contributed by atoms with E-state index in [0.717, 1.165) is 0 Å². The highest BCUT2D eigenvalue weighted by Crippen LogP contribution is 2.28. The van der Waals surface area contributed by atoms with Crippen molar-refractivity contribution in [3.63, 3.8) is 0 Å². The van der Waals surface area contributed by atoms with Crippen LogP contribution < -0.4 is 4.90 Å². The molecule has 0 spiro atoms. The van der Waals surface area contributed by atoms with Gasteiger partial charge in [0.1, 0.15) is 18.1 Å². The van der Waals surface area contributed by atoms with Gasteiger partial charge in [-0.25, -0.2) is 4.39 Å². The molecule has 1 aromatic carbocycles. The molecular formula is C11H10FNO3. The molecule has 2 rings (SSSR count). The monoisotopic (exact) mass is 223 g/mol. The van der Waals surface area contributed by atoms with Crippen molar-refractivity contribution in [2.24, 2.45) is 0 Å². The van der Waals surface area contributed by atoms with Crippen LogP contribution in [0.1, 0.15) is 0 Å². The zero-order valence-electron chi connectivity index (χ0n) is 8.59. The van der Waals surface area contributed by atoms with Crippen LogP contribution in [-0.4, -0.2) is 31.4 Å². The Bertz CT molecular complexity index is 418. The topological polar surface area (TPSA) is 46.6 Å². The second-order valence-electron chi connectivity index (χ2n) is 3.47. The minimum absolute atomic E-state index is 0.286. The van der Waals surface area contributed by atoms with E-state index < -0.39 is 12.1 Å². The molecule has 1 amide bonds. The van der Waals surface area contributed by atoms with E-state index in [2.05, 4.69) is 0 Å². The smallest absolute Gasteiger partial charge is 0.259 e. The zero-order chi connectivity index (χ0) is 11.7. The highest BCUT2D eigenvalue weighted by Gasteiger charge is 2.48. The van der Waals surface area contributed by atoms with E-state index in [1.54, 1.807) is 0 Å². The number of hydrogen-bond acceptors (Lipinski definition) is 3. The molecule has 1 fully saturated rings. The summed E-state index contributed by atoms with van der Waals surface area (Å²) in [7, 11) is 1.38. The molecule has 0 bridgehead atoms. The summed E-state index contributed by atoms with van der Waals surface area (Å²) in [6.45, 7) is 0. The number of benzene rings is 1. The number of nitrogens with zero attached hydrogens (tertiary/aromatic N) is 1. The van der Waals surface area contributed by atoms with E-state index in [9.17, 15) is 14.0 Å². The van der Waals surface area contributed by atoms with Crippen LogP contribution >= 0.6 is 0 Å². The number of carbonyl (C=O) groups excluding carboxylic acids is 2. The number of hydrogen-bond donors (Lipinski definition) is 0. The van der Waals surface area contributed by atoms with Crippen LogP contribution in [0.2, 0.25) is 0 Å². The summed E-state index contributed by atoms with van der Waals surface area (Å²) in [4.78, 5) is 23.7. The summed E-state index contributed by atoms with van der Waals surface area (Å²) < 4.78 is 17.6. The molecule has 1 aliphatic rings. The van der Waals surface area contributed by atoms with Crippen molar-refractivity contribution in [1.82, 2.24) is 0 Å².